The van der Waals surface area contributed by atoms with E-state index in [2.05, 4.69) is 10.5 Å². The highest BCUT2D eigenvalue weighted by atomic mass is 35.5. The van der Waals surface area contributed by atoms with Gasteiger partial charge in [-0.1, -0.05) is 35.9 Å². The van der Waals surface area contributed by atoms with E-state index in [0.717, 1.165) is 0 Å². The van der Waals surface area contributed by atoms with Crippen molar-refractivity contribution in [2.75, 3.05) is 6.61 Å². The summed E-state index contributed by atoms with van der Waals surface area (Å²) in [6.07, 6.45) is 0. The number of aromatic hydroxyl groups is 1. The van der Waals surface area contributed by atoms with E-state index in [1.54, 1.807) is 55.5 Å². The first-order valence-corrected chi connectivity index (χ1v) is 6.94. The molecule has 2 aromatic rings. The molecule has 2 rings (SSSR count). The third-order valence-corrected chi connectivity index (χ3v) is 3.15. The van der Waals surface area contributed by atoms with Gasteiger partial charge in [0.05, 0.1) is 10.7 Å². The van der Waals surface area contributed by atoms with Crippen LogP contribution in [0.5, 0.6) is 11.5 Å². The Morgan fingerprint density at radius 1 is 1.23 bits per heavy atom. The maximum atomic E-state index is 11.7. The van der Waals surface area contributed by atoms with Gasteiger partial charge in [-0.15, -0.1) is 0 Å². The van der Waals surface area contributed by atoms with E-state index in [0.29, 0.717) is 22.0 Å². The van der Waals surface area contributed by atoms with Crippen molar-refractivity contribution >= 4 is 23.2 Å². The Balaban J connectivity index is 1.91. The summed E-state index contributed by atoms with van der Waals surface area (Å²) in [5.41, 5.74) is 3.41. The lowest BCUT2D eigenvalue weighted by Gasteiger charge is -2.07. The van der Waals surface area contributed by atoms with Gasteiger partial charge in [0, 0.05) is 5.56 Å². The molecule has 0 saturated carbocycles. The van der Waals surface area contributed by atoms with Crippen LogP contribution in [0.1, 0.15) is 12.5 Å². The Hall–Kier alpha value is -2.53. The number of hydrogen-bond acceptors (Lipinski definition) is 4. The van der Waals surface area contributed by atoms with Gasteiger partial charge < -0.3 is 9.84 Å². The Kier molecular flexibility index (Phi) is 5.38. The van der Waals surface area contributed by atoms with Crippen LogP contribution in [-0.4, -0.2) is 23.3 Å². The molecule has 22 heavy (non-hydrogen) atoms. The number of ether oxygens (including phenoxy) is 1. The third kappa shape index (κ3) is 4.23. The number of nitrogens with zero attached hydrogens (tertiary/aromatic N) is 1. The minimum atomic E-state index is -0.422. The molecular formula is C16H15ClN2O3. The third-order valence-electron chi connectivity index (χ3n) is 2.84. The Morgan fingerprint density at radius 3 is 2.64 bits per heavy atom. The second kappa shape index (κ2) is 7.47. The van der Waals surface area contributed by atoms with Crippen molar-refractivity contribution in [1.82, 2.24) is 5.43 Å². The van der Waals surface area contributed by atoms with E-state index in [-0.39, 0.29) is 12.4 Å². The largest absolute Gasteiger partial charge is 0.507 e. The average Bonchev–Trinajstić information content (AvgIpc) is 2.52. The van der Waals surface area contributed by atoms with Crippen LogP contribution in [0.15, 0.2) is 53.6 Å². The number of nitrogens with one attached hydrogen (secondary N) is 1. The quantitative estimate of drug-likeness (QED) is 0.657. The van der Waals surface area contributed by atoms with Gasteiger partial charge >= 0.3 is 0 Å². The SMILES string of the molecule is C/C(=N\NC(=O)COc1ccccc1Cl)c1ccccc1O. The van der Waals surface area contributed by atoms with Crippen LogP contribution in [-0.2, 0) is 4.79 Å². The van der Waals surface area contributed by atoms with E-state index in [9.17, 15) is 9.90 Å². The molecule has 114 valence electrons. The Bertz CT molecular complexity index is 701. The molecule has 0 atom stereocenters. The lowest BCUT2D eigenvalue weighted by Crippen LogP contribution is -2.25. The van der Waals surface area contributed by atoms with Gasteiger partial charge in [-0.3, -0.25) is 4.79 Å². The highest BCUT2D eigenvalue weighted by Gasteiger charge is 2.06. The number of phenols is 1. The molecule has 2 aromatic carbocycles. The number of amides is 1. The molecule has 0 aliphatic rings. The molecule has 6 heteroatoms. The first-order valence-electron chi connectivity index (χ1n) is 6.56. The zero-order valence-corrected chi connectivity index (χ0v) is 12.7. The molecule has 0 fully saturated rings. The molecule has 0 radical (unpaired) electrons. The van der Waals surface area contributed by atoms with Crippen LogP contribution in [0.3, 0.4) is 0 Å². The van der Waals surface area contributed by atoms with Gasteiger partial charge in [-0.05, 0) is 31.2 Å². The molecular weight excluding hydrogens is 304 g/mol. The molecule has 0 aliphatic heterocycles. The Morgan fingerprint density at radius 2 is 1.91 bits per heavy atom. The fourth-order valence-electron chi connectivity index (χ4n) is 1.72. The minimum absolute atomic E-state index is 0.102. The summed E-state index contributed by atoms with van der Waals surface area (Å²) in [7, 11) is 0. The highest BCUT2D eigenvalue weighted by Crippen LogP contribution is 2.22. The van der Waals surface area contributed by atoms with E-state index >= 15 is 0 Å². The van der Waals surface area contributed by atoms with Gasteiger partial charge in [0.15, 0.2) is 6.61 Å². The fourth-order valence-corrected chi connectivity index (χ4v) is 1.91. The average molecular weight is 319 g/mol. The summed E-state index contributed by atoms with van der Waals surface area (Å²) in [5, 5.41) is 14.1. The summed E-state index contributed by atoms with van der Waals surface area (Å²) >= 11 is 5.92. The lowest BCUT2D eigenvalue weighted by molar-refractivity contribution is -0.123. The summed E-state index contributed by atoms with van der Waals surface area (Å²) in [6.45, 7) is 1.48. The maximum absolute atomic E-state index is 11.7. The molecule has 0 heterocycles. The highest BCUT2D eigenvalue weighted by molar-refractivity contribution is 6.32. The van der Waals surface area contributed by atoms with Crippen molar-refractivity contribution in [3.63, 3.8) is 0 Å². The summed E-state index contributed by atoms with van der Waals surface area (Å²) in [4.78, 5) is 11.7. The normalized spacial score (nSPS) is 11.1. The van der Waals surface area contributed by atoms with Gasteiger partial charge in [0.25, 0.3) is 5.91 Å². The molecule has 0 saturated heterocycles. The maximum Gasteiger partial charge on any atom is 0.277 e. The van der Waals surface area contributed by atoms with Crippen LogP contribution >= 0.6 is 11.6 Å². The standard InChI is InChI=1S/C16H15ClN2O3/c1-11(12-6-2-4-8-14(12)20)18-19-16(21)10-22-15-9-5-3-7-13(15)17/h2-9,20H,10H2,1H3,(H,19,21)/b18-11+. The first kappa shape index (κ1) is 15.9. The molecule has 1 amide bonds. The van der Waals surface area contributed by atoms with Gasteiger partial charge in [-0.2, -0.15) is 5.10 Å². The van der Waals surface area contributed by atoms with Gasteiger partial charge in [0.2, 0.25) is 0 Å². The molecule has 0 bridgehead atoms. The molecule has 2 N–H and O–H groups in total. The molecule has 0 spiro atoms. The van der Waals surface area contributed by atoms with E-state index in [1.165, 1.54) is 0 Å². The van der Waals surface area contributed by atoms with Crippen molar-refractivity contribution in [3.05, 3.63) is 59.1 Å². The van der Waals surface area contributed by atoms with Crippen molar-refractivity contribution in [3.8, 4) is 11.5 Å². The van der Waals surface area contributed by atoms with Crippen molar-refractivity contribution in [1.29, 1.82) is 0 Å². The van der Waals surface area contributed by atoms with Crippen LogP contribution in [0, 0.1) is 0 Å². The zero-order chi connectivity index (χ0) is 15.9. The van der Waals surface area contributed by atoms with Crippen molar-refractivity contribution in [2.45, 2.75) is 6.92 Å². The van der Waals surface area contributed by atoms with Crippen LogP contribution in [0.2, 0.25) is 5.02 Å². The predicted molar refractivity (Wildman–Crippen MR) is 85.4 cm³/mol. The molecule has 0 unspecified atom stereocenters. The first-order chi connectivity index (χ1) is 10.6. The number of hydrazone groups is 1. The zero-order valence-electron chi connectivity index (χ0n) is 11.9. The Labute approximate surface area is 133 Å². The molecule has 0 aromatic heterocycles. The number of carbonyl (C=O) groups is 1. The number of benzene rings is 2. The number of phenolic OH excluding ortho intramolecular Hbond substituents is 1. The minimum Gasteiger partial charge on any atom is -0.507 e. The summed E-state index contributed by atoms with van der Waals surface area (Å²) < 4.78 is 5.30. The number of hydrogen-bond donors (Lipinski definition) is 2. The van der Waals surface area contributed by atoms with E-state index in [1.807, 2.05) is 0 Å². The molecule has 0 aliphatic carbocycles. The number of carbonyl (C=O) groups excluding carboxylic acids is 1. The number of para-hydroxylation sites is 2. The summed E-state index contributed by atoms with van der Waals surface area (Å²) in [5.74, 6) is 0.112. The second-order valence-corrected chi connectivity index (χ2v) is 4.88. The van der Waals surface area contributed by atoms with Crippen molar-refractivity contribution in [2.24, 2.45) is 5.10 Å². The van der Waals surface area contributed by atoms with Crippen LogP contribution in [0.25, 0.3) is 0 Å². The van der Waals surface area contributed by atoms with Gasteiger partial charge in [0.1, 0.15) is 11.5 Å². The van der Waals surface area contributed by atoms with Crippen molar-refractivity contribution < 1.29 is 14.6 Å². The smallest absolute Gasteiger partial charge is 0.277 e. The van der Waals surface area contributed by atoms with Crippen LogP contribution < -0.4 is 10.2 Å². The van der Waals surface area contributed by atoms with E-state index in [4.69, 9.17) is 16.3 Å². The lowest BCUT2D eigenvalue weighted by atomic mass is 10.1. The van der Waals surface area contributed by atoms with Crippen LogP contribution in [0.4, 0.5) is 0 Å². The predicted octanol–water partition coefficient (Wildman–Crippen LogP) is 2.96. The monoisotopic (exact) mass is 318 g/mol. The molecule has 5 nitrogen and oxygen atoms in total. The fraction of sp³-hybridized carbons (Fsp3) is 0.125. The number of halogens is 1. The van der Waals surface area contributed by atoms with E-state index < -0.39 is 5.91 Å². The number of rotatable bonds is 5. The second-order valence-electron chi connectivity index (χ2n) is 4.47. The van der Waals surface area contributed by atoms with Gasteiger partial charge in [-0.25, -0.2) is 5.43 Å². The summed E-state index contributed by atoms with van der Waals surface area (Å²) in [6, 6.07) is 13.6. The topological polar surface area (TPSA) is 70.9 Å².